The van der Waals surface area contributed by atoms with Crippen LogP contribution in [0.15, 0.2) is 0 Å². The molecule has 4 atom stereocenters. The molecule has 13 saturated carbocycles. The molecule has 0 aromatic carbocycles. The molecule has 13 aliphatic rings. The Morgan fingerprint density at radius 2 is 0.458 bits per heavy atom. The van der Waals surface area contributed by atoms with Gasteiger partial charge in [0.2, 0.25) is 0 Å². The fraction of sp³-hybridized carbons (Fsp3) is 1.00. The first-order valence-corrected chi connectivity index (χ1v) is 23.8. The Balaban J connectivity index is 0.0000000928. The van der Waals surface area contributed by atoms with E-state index in [1.165, 1.54) is 155 Å². The molecule has 0 amide bonds. The first-order valence-electron chi connectivity index (χ1n) is 23.8. The molecule has 4 unspecified atom stereocenters. The van der Waals surface area contributed by atoms with Crippen LogP contribution >= 0.6 is 0 Å². The molecule has 0 nitrogen and oxygen atoms in total. The Bertz CT molecular complexity index is 743. The first-order chi connectivity index (χ1) is 23.8. The van der Waals surface area contributed by atoms with Gasteiger partial charge in [0.25, 0.3) is 0 Å². The van der Waals surface area contributed by atoms with Gasteiger partial charge in [-0.3, -0.25) is 0 Å². The normalized spacial score (nSPS) is 45.0. The zero-order valence-corrected chi connectivity index (χ0v) is 32.4. The minimum Gasteiger partial charge on any atom is -0.0533 e. The van der Waals surface area contributed by atoms with Gasteiger partial charge in [0, 0.05) is 0 Å². The summed E-state index contributed by atoms with van der Waals surface area (Å²) in [6, 6.07) is 0. The van der Waals surface area contributed by atoms with Crippen molar-refractivity contribution in [3.63, 3.8) is 0 Å². The van der Waals surface area contributed by atoms with Crippen LogP contribution in [0.5, 0.6) is 0 Å². The average molecular weight is 661 g/mol. The molecule has 0 radical (unpaired) electrons. The molecule has 0 heterocycles. The third kappa shape index (κ3) is 10.5. The quantitative estimate of drug-likeness (QED) is 0.242. The Morgan fingerprint density at radius 3 is 0.729 bits per heavy atom. The molecular weight excluding hydrogens is 577 g/mol. The van der Waals surface area contributed by atoms with Crippen molar-refractivity contribution in [2.24, 2.45) is 71.0 Å². The molecule has 13 aliphatic carbocycles. The van der Waals surface area contributed by atoms with Gasteiger partial charge >= 0.3 is 0 Å². The molecule has 0 saturated heterocycles. The monoisotopic (exact) mass is 661 g/mol. The van der Waals surface area contributed by atoms with E-state index in [1.54, 1.807) is 135 Å². The van der Waals surface area contributed by atoms with Crippen molar-refractivity contribution in [1.29, 1.82) is 0 Å². The van der Waals surface area contributed by atoms with E-state index in [2.05, 4.69) is 0 Å². The standard InChI is InChI=1S/2C10H16.C10H18.C7H12.C6H12.C5H10/c1-7-2-9-4-8(1)5-10(3-7)6-9;1-2-9-7-4-5-8(6-7)10(9)3-1;1-2-6-10-8-4-3-7-9(10)5-1;1-2-7-4-3-6(1)5-7;1-2-4-6-5-3-1;1-2-4-5-3-1/h2*7-10H,1-6H2;9-10H,1-8H2;6-7H,1-5H2;1-6H2;1-5H2. The zero-order chi connectivity index (χ0) is 32.4. The van der Waals surface area contributed by atoms with Gasteiger partial charge in [-0.2, -0.15) is 0 Å². The molecule has 0 aromatic rings. The zero-order valence-electron chi connectivity index (χ0n) is 32.4. The van der Waals surface area contributed by atoms with Gasteiger partial charge in [-0.1, -0.05) is 154 Å². The van der Waals surface area contributed by atoms with Gasteiger partial charge < -0.3 is 0 Å². The van der Waals surface area contributed by atoms with Crippen LogP contribution in [0.3, 0.4) is 0 Å². The lowest BCUT2D eigenvalue weighted by atomic mass is 9.56. The van der Waals surface area contributed by atoms with E-state index < -0.39 is 0 Å². The smallest absolute Gasteiger partial charge is 0.0355 e. The van der Waals surface area contributed by atoms with Crippen LogP contribution in [0.25, 0.3) is 0 Å². The molecule has 13 fully saturated rings. The van der Waals surface area contributed by atoms with E-state index in [-0.39, 0.29) is 0 Å². The average Bonchev–Trinajstić information content (AvgIpc) is 3.99. The first kappa shape index (κ1) is 36.4. The van der Waals surface area contributed by atoms with Crippen molar-refractivity contribution in [3.8, 4) is 0 Å². The molecule has 13 rings (SSSR count). The lowest BCUT2D eigenvalue weighted by molar-refractivity contribution is 0.0198. The molecule has 0 N–H and O–H groups in total. The Labute approximate surface area is 301 Å². The van der Waals surface area contributed by atoms with Crippen molar-refractivity contribution in [2.45, 2.75) is 231 Å². The van der Waals surface area contributed by atoms with Crippen LogP contribution < -0.4 is 0 Å². The predicted molar refractivity (Wildman–Crippen MR) is 208 cm³/mol. The summed E-state index contributed by atoms with van der Waals surface area (Å²) in [6.07, 6.45) is 55.8. The van der Waals surface area contributed by atoms with Crippen molar-refractivity contribution < 1.29 is 0 Å². The summed E-state index contributed by atoms with van der Waals surface area (Å²) in [5, 5.41) is 0. The minimum atomic E-state index is 1.16. The highest BCUT2D eigenvalue weighted by Crippen LogP contribution is 2.58. The van der Waals surface area contributed by atoms with Crippen LogP contribution in [0.2, 0.25) is 0 Å². The Hall–Kier alpha value is 0. The summed E-state index contributed by atoms with van der Waals surface area (Å²) in [5.74, 6) is 14.2. The summed E-state index contributed by atoms with van der Waals surface area (Å²) < 4.78 is 0. The third-order valence-corrected chi connectivity index (χ3v) is 17.2. The highest BCUT2D eigenvalue weighted by Gasteiger charge is 2.49. The highest BCUT2D eigenvalue weighted by atomic mass is 14.5. The molecule has 276 valence electrons. The van der Waals surface area contributed by atoms with Crippen molar-refractivity contribution in [3.05, 3.63) is 0 Å². The molecule has 8 bridgehead atoms. The van der Waals surface area contributed by atoms with E-state index >= 15 is 0 Å². The summed E-state index contributed by atoms with van der Waals surface area (Å²) in [6.45, 7) is 0. The number of fused-ring (bicyclic) bond motifs is 8. The van der Waals surface area contributed by atoms with Crippen molar-refractivity contribution in [1.82, 2.24) is 0 Å². The van der Waals surface area contributed by atoms with Gasteiger partial charge in [0.1, 0.15) is 0 Å². The Morgan fingerprint density at radius 1 is 0.167 bits per heavy atom. The second kappa shape index (κ2) is 19.2. The molecular formula is C48H84. The maximum absolute atomic E-state index is 1.62. The largest absolute Gasteiger partial charge is 0.0533 e. The molecule has 0 heteroatoms. The van der Waals surface area contributed by atoms with Crippen molar-refractivity contribution >= 4 is 0 Å². The van der Waals surface area contributed by atoms with E-state index in [1.807, 2.05) is 0 Å². The van der Waals surface area contributed by atoms with Gasteiger partial charge in [0.05, 0.1) is 0 Å². The van der Waals surface area contributed by atoms with E-state index in [4.69, 9.17) is 0 Å². The number of hydrogen-bond acceptors (Lipinski definition) is 0. The van der Waals surface area contributed by atoms with Crippen LogP contribution in [-0.4, -0.2) is 0 Å². The van der Waals surface area contributed by atoms with Gasteiger partial charge in [-0.15, -0.1) is 0 Å². The van der Waals surface area contributed by atoms with Crippen molar-refractivity contribution in [2.75, 3.05) is 0 Å². The topological polar surface area (TPSA) is 0 Å². The van der Waals surface area contributed by atoms with Crippen LogP contribution in [0.4, 0.5) is 0 Å². The second-order valence-corrected chi connectivity index (χ2v) is 20.6. The number of hydrogen-bond donors (Lipinski definition) is 0. The third-order valence-electron chi connectivity index (χ3n) is 17.2. The Kier molecular flexibility index (Phi) is 14.5. The minimum absolute atomic E-state index is 1.16. The summed E-state index contributed by atoms with van der Waals surface area (Å²) in [7, 11) is 0. The van der Waals surface area contributed by atoms with Gasteiger partial charge in [0.15, 0.2) is 0 Å². The summed E-state index contributed by atoms with van der Waals surface area (Å²) in [5.41, 5.74) is 0. The molecule has 0 aromatic heterocycles. The second-order valence-electron chi connectivity index (χ2n) is 20.6. The number of rotatable bonds is 0. The van der Waals surface area contributed by atoms with E-state index in [9.17, 15) is 0 Å². The lowest BCUT2D eigenvalue weighted by Crippen LogP contribution is -2.38. The highest BCUT2D eigenvalue weighted by molar-refractivity contribution is 4.99. The summed E-state index contributed by atoms with van der Waals surface area (Å²) >= 11 is 0. The van der Waals surface area contributed by atoms with E-state index in [0.29, 0.717) is 0 Å². The lowest BCUT2D eigenvalue weighted by Gasteiger charge is -2.49. The summed E-state index contributed by atoms with van der Waals surface area (Å²) in [4.78, 5) is 0. The molecule has 0 aliphatic heterocycles. The van der Waals surface area contributed by atoms with Crippen LogP contribution in [0.1, 0.15) is 231 Å². The molecule has 48 heavy (non-hydrogen) atoms. The van der Waals surface area contributed by atoms with Gasteiger partial charge in [-0.05, 0) is 148 Å². The van der Waals surface area contributed by atoms with E-state index in [0.717, 1.165) is 11.8 Å². The maximum atomic E-state index is 1.62. The molecule has 0 spiro atoms. The predicted octanol–water partition coefficient (Wildman–Crippen LogP) is 15.5. The fourth-order valence-electron chi connectivity index (χ4n) is 15.0. The van der Waals surface area contributed by atoms with Crippen LogP contribution in [0, 0.1) is 71.0 Å². The maximum Gasteiger partial charge on any atom is -0.0355 e. The fourth-order valence-corrected chi connectivity index (χ4v) is 15.0. The van der Waals surface area contributed by atoms with Gasteiger partial charge in [-0.25, -0.2) is 0 Å². The van der Waals surface area contributed by atoms with Crippen LogP contribution in [-0.2, 0) is 0 Å². The SMILES string of the molecule is C1C2CC3CC1CC(C2)C3.C1CC2C3CCC(C3)C2C1.C1CC2CCC1C2.C1CCC2CCCCC2C1.C1CCCC1.C1CCCCC1.